The van der Waals surface area contributed by atoms with Crippen LogP contribution in [0.3, 0.4) is 0 Å². The van der Waals surface area contributed by atoms with E-state index in [2.05, 4.69) is 20.8 Å². The molecular formula is C12H22O2. The van der Waals surface area contributed by atoms with Gasteiger partial charge >= 0.3 is 5.97 Å². The second-order valence-corrected chi connectivity index (χ2v) is 4.26. The summed E-state index contributed by atoms with van der Waals surface area (Å²) in [7, 11) is 0. The number of aliphatic carboxylic acids is 1. The predicted molar refractivity (Wildman–Crippen MR) is 59.2 cm³/mol. The van der Waals surface area contributed by atoms with E-state index in [4.69, 9.17) is 5.11 Å². The van der Waals surface area contributed by atoms with Crippen molar-refractivity contribution in [2.45, 2.75) is 47.0 Å². The van der Waals surface area contributed by atoms with Crippen molar-refractivity contribution < 1.29 is 9.90 Å². The van der Waals surface area contributed by atoms with Gasteiger partial charge in [-0.2, -0.15) is 0 Å². The van der Waals surface area contributed by atoms with E-state index in [0.717, 1.165) is 6.42 Å². The lowest BCUT2D eigenvalue weighted by molar-refractivity contribution is -0.132. The molecule has 1 unspecified atom stereocenters. The minimum absolute atomic E-state index is 0.368. The summed E-state index contributed by atoms with van der Waals surface area (Å²) in [5.41, 5.74) is 0.459. The minimum Gasteiger partial charge on any atom is -0.478 e. The molecule has 0 aliphatic carbocycles. The van der Waals surface area contributed by atoms with Gasteiger partial charge < -0.3 is 5.11 Å². The molecule has 0 bridgehead atoms. The molecule has 2 nitrogen and oxygen atoms in total. The third-order valence-corrected chi connectivity index (χ3v) is 2.43. The summed E-state index contributed by atoms with van der Waals surface area (Å²) in [6, 6.07) is 0. The van der Waals surface area contributed by atoms with Gasteiger partial charge in [0.2, 0.25) is 0 Å². The number of carbonyl (C=O) groups is 1. The molecule has 0 aromatic heterocycles. The maximum Gasteiger partial charge on any atom is 0.330 e. The van der Waals surface area contributed by atoms with Crippen molar-refractivity contribution in [1.82, 2.24) is 0 Å². The number of carboxylic acids is 1. The molecule has 0 aliphatic rings. The highest BCUT2D eigenvalue weighted by atomic mass is 16.4. The van der Waals surface area contributed by atoms with Crippen molar-refractivity contribution in [2.75, 3.05) is 0 Å². The van der Waals surface area contributed by atoms with Crippen molar-refractivity contribution in [1.29, 1.82) is 0 Å². The first-order valence-corrected chi connectivity index (χ1v) is 5.39. The van der Waals surface area contributed by atoms with Gasteiger partial charge in [-0.15, -0.1) is 0 Å². The van der Waals surface area contributed by atoms with E-state index >= 15 is 0 Å². The van der Waals surface area contributed by atoms with Crippen LogP contribution >= 0.6 is 0 Å². The Morgan fingerprint density at radius 2 is 2.00 bits per heavy atom. The number of carboxylic acid groups (broad SMARTS) is 1. The molecule has 1 N–H and O–H groups in total. The van der Waals surface area contributed by atoms with Crippen LogP contribution in [-0.2, 0) is 4.79 Å². The third kappa shape index (κ3) is 5.79. The van der Waals surface area contributed by atoms with E-state index in [9.17, 15) is 4.79 Å². The average Bonchev–Trinajstić information content (AvgIpc) is 2.03. The van der Waals surface area contributed by atoms with Gasteiger partial charge in [0.15, 0.2) is 0 Å². The topological polar surface area (TPSA) is 37.3 Å². The van der Waals surface area contributed by atoms with E-state index in [1.165, 1.54) is 12.8 Å². The van der Waals surface area contributed by atoms with Gasteiger partial charge in [-0.1, -0.05) is 39.7 Å². The fourth-order valence-electron chi connectivity index (χ4n) is 1.81. The van der Waals surface area contributed by atoms with Gasteiger partial charge in [-0.25, -0.2) is 4.79 Å². The standard InChI is InChI=1S/C12H22O2/c1-5-6-9(2)7-10(3)8-11(4)12(13)14/h8-10H,5-7H2,1-4H3,(H,13,14)/b11-8+/t9-,10?/m0/s1. The minimum atomic E-state index is -0.806. The zero-order chi connectivity index (χ0) is 11.1. The van der Waals surface area contributed by atoms with Crippen LogP contribution in [0.1, 0.15) is 47.0 Å². The zero-order valence-electron chi connectivity index (χ0n) is 9.71. The summed E-state index contributed by atoms with van der Waals surface area (Å²) < 4.78 is 0. The lowest BCUT2D eigenvalue weighted by Gasteiger charge is -2.13. The number of hydrogen-bond acceptors (Lipinski definition) is 1. The van der Waals surface area contributed by atoms with Crippen LogP contribution in [0.15, 0.2) is 11.6 Å². The molecule has 0 aromatic carbocycles. The molecular weight excluding hydrogens is 176 g/mol. The molecule has 2 heteroatoms. The summed E-state index contributed by atoms with van der Waals surface area (Å²) in [4.78, 5) is 10.6. The van der Waals surface area contributed by atoms with Crippen molar-refractivity contribution in [3.05, 3.63) is 11.6 Å². The summed E-state index contributed by atoms with van der Waals surface area (Å²) in [6.45, 7) is 8.14. The number of hydrogen-bond donors (Lipinski definition) is 1. The lowest BCUT2D eigenvalue weighted by atomic mass is 9.92. The fourth-order valence-corrected chi connectivity index (χ4v) is 1.81. The molecule has 0 saturated heterocycles. The van der Waals surface area contributed by atoms with Gasteiger partial charge in [0, 0.05) is 5.57 Å². The Labute approximate surface area is 87.0 Å². The highest BCUT2D eigenvalue weighted by Gasteiger charge is 2.08. The lowest BCUT2D eigenvalue weighted by Crippen LogP contribution is -2.04. The Balaban J connectivity index is 4.02. The number of allylic oxidation sites excluding steroid dienone is 1. The molecule has 2 atom stereocenters. The van der Waals surface area contributed by atoms with E-state index in [1.54, 1.807) is 6.92 Å². The van der Waals surface area contributed by atoms with Crippen LogP contribution in [0, 0.1) is 11.8 Å². The maximum absolute atomic E-state index is 10.6. The van der Waals surface area contributed by atoms with E-state index in [0.29, 0.717) is 17.4 Å². The first kappa shape index (κ1) is 13.2. The van der Waals surface area contributed by atoms with E-state index in [1.807, 2.05) is 6.08 Å². The Morgan fingerprint density at radius 1 is 1.43 bits per heavy atom. The normalized spacial score (nSPS) is 16.4. The van der Waals surface area contributed by atoms with E-state index in [-0.39, 0.29) is 0 Å². The van der Waals surface area contributed by atoms with Gasteiger partial charge in [0.1, 0.15) is 0 Å². The van der Waals surface area contributed by atoms with Crippen LogP contribution in [0.25, 0.3) is 0 Å². The summed E-state index contributed by atoms with van der Waals surface area (Å²) >= 11 is 0. The van der Waals surface area contributed by atoms with Crippen molar-refractivity contribution in [3.8, 4) is 0 Å². The number of rotatable bonds is 6. The smallest absolute Gasteiger partial charge is 0.330 e. The zero-order valence-corrected chi connectivity index (χ0v) is 9.71. The second-order valence-electron chi connectivity index (χ2n) is 4.26. The molecule has 0 fully saturated rings. The molecule has 0 aromatic rings. The molecule has 0 heterocycles. The highest BCUT2D eigenvalue weighted by molar-refractivity contribution is 5.85. The SMILES string of the molecule is CCC[C@H](C)CC(C)/C=C(\C)C(=O)O. The molecule has 0 rings (SSSR count). The predicted octanol–water partition coefficient (Wildman–Crippen LogP) is 3.48. The third-order valence-electron chi connectivity index (χ3n) is 2.43. The molecule has 0 spiro atoms. The Morgan fingerprint density at radius 3 is 2.43 bits per heavy atom. The average molecular weight is 198 g/mol. The van der Waals surface area contributed by atoms with Gasteiger partial charge in [0.25, 0.3) is 0 Å². The van der Waals surface area contributed by atoms with Crippen LogP contribution in [0.5, 0.6) is 0 Å². The largest absolute Gasteiger partial charge is 0.478 e. The molecule has 0 saturated carbocycles. The Hall–Kier alpha value is -0.790. The van der Waals surface area contributed by atoms with Crippen LogP contribution < -0.4 is 0 Å². The summed E-state index contributed by atoms with van der Waals surface area (Å²) in [6.07, 6.45) is 5.37. The quantitative estimate of drug-likeness (QED) is 0.663. The molecule has 0 radical (unpaired) electrons. The molecule has 0 aliphatic heterocycles. The van der Waals surface area contributed by atoms with Crippen LogP contribution in [0.2, 0.25) is 0 Å². The Bertz CT molecular complexity index is 206. The fraction of sp³-hybridized carbons (Fsp3) is 0.750. The van der Waals surface area contributed by atoms with Gasteiger partial charge in [-0.05, 0) is 25.2 Å². The first-order valence-electron chi connectivity index (χ1n) is 5.39. The molecule has 82 valence electrons. The van der Waals surface area contributed by atoms with Crippen molar-refractivity contribution >= 4 is 5.97 Å². The van der Waals surface area contributed by atoms with Crippen molar-refractivity contribution in [3.63, 3.8) is 0 Å². The highest BCUT2D eigenvalue weighted by Crippen LogP contribution is 2.18. The summed E-state index contributed by atoms with van der Waals surface area (Å²) in [5.74, 6) is 0.250. The molecule has 14 heavy (non-hydrogen) atoms. The first-order chi connectivity index (χ1) is 6.47. The van der Waals surface area contributed by atoms with Crippen molar-refractivity contribution in [2.24, 2.45) is 11.8 Å². The maximum atomic E-state index is 10.6. The summed E-state index contributed by atoms with van der Waals surface area (Å²) in [5, 5.41) is 8.70. The monoisotopic (exact) mass is 198 g/mol. The van der Waals surface area contributed by atoms with Crippen LogP contribution in [0.4, 0.5) is 0 Å². The van der Waals surface area contributed by atoms with Crippen LogP contribution in [-0.4, -0.2) is 11.1 Å². The van der Waals surface area contributed by atoms with E-state index < -0.39 is 5.97 Å². The Kier molecular flexibility index (Phi) is 6.26. The second kappa shape index (κ2) is 6.63. The molecule has 0 amide bonds. The van der Waals surface area contributed by atoms with Gasteiger partial charge in [0.05, 0.1) is 0 Å². The van der Waals surface area contributed by atoms with Gasteiger partial charge in [-0.3, -0.25) is 0 Å².